The number of nitrogens with one attached hydrogen (secondary N) is 1. The van der Waals surface area contributed by atoms with Crippen LogP contribution in [0, 0.1) is 5.41 Å². The van der Waals surface area contributed by atoms with Gasteiger partial charge in [0.1, 0.15) is 0 Å². The normalized spacial score (nSPS) is 12.7. The van der Waals surface area contributed by atoms with E-state index >= 15 is 0 Å². The van der Waals surface area contributed by atoms with Gasteiger partial charge in [-0.25, -0.2) is 0 Å². The molecular weight excluding hydrogens is 279 g/mol. The van der Waals surface area contributed by atoms with Crippen molar-refractivity contribution in [2.45, 2.75) is 40.2 Å². The number of hydrogen-bond donors (Lipinski definition) is 0. The summed E-state index contributed by atoms with van der Waals surface area (Å²) in [4.78, 5) is 0. The van der Waals surface area contributed by atoms with Crippen LogP contribution in [0.15, 0.2) is 0 Å². The van der Waals surface area contributed by atoms with Crippen LogP contribution < -0.4 is 0 Å². The van der Waals surface area contributed by atoms with Crippen molar-refractivity contribution < 1.29 is 22.4 Å². The summed E-state index contributed by atoms with van der Waals surface area (Å²) in [7, 11) is 0. The maximum absolute atomic E-state index is 7.58. The first-order valence-corrected chi connectivity index (χ1v) is 3.00. The summed E-state index contributed by atoms with van der Waals surface area (Å²) in [6.45, 7) is 10.1. The number of rotatable bonds is 0. The van der Waals surface area contributed by atoms with Gasteiger partial charge in [0.25, 0.3) is 0 Å². The molecule has 0 aromatic heterocycles. The van der Waals surface area contributed by atoms with Gasteiger partial charge in [0.05, 0.1) is 0 Å². The molecule has 1 radical (unpaired) electrons. The maximum atomic E-state index is 7.58. The van der Waals surface area contributed by atoms with Crippen LogP contribution in [-0.2, 0) is 22.4 Å². The number of hydrogen-bond acceptors (Lipinski definition) is 0. The fourth-order valence-electron chi connectivity index (χ4n) is 0. The second-order valence-corrected chi connectivity index (χ2v) is 3.88. The monoisotopic (exact) mass is 295 g/mol. The maximum Gasteiger partial charge on any atom is 0 e. The van der Waals surface area contributed by atoms with Crippen LogP contribution in [0.5, 0.6) is 0 Å². The Labute approximate surface area is 73.9 Å². The molecule has 0 aliphatic carbocycles. The Kier molecular flexibility index (Phi) is 4.40. The molecule has 0 bridgehead atoms. The van der Waals surface area contributed by atoms with Crippen molar-refractivity contribution >= 4 is 0 Å². The first-order chi connectivity index (χ1) is 3.25. The Hall–Kier alpha value is 0.700. The van der Waals surface area contributed by atoms with Crippen LogP contribution >= 0.6 is 0 Å². The molecule has 0 spiro atoms. The van der Waals surface area contributed by atoms with E-state index in [4.69, 9.17) is 5.73 Å². The van der Waals surface area contributed by atoms with Gasteiger partial charge in [-0.3, -0.25) is 0 Å². The molecular formula is C7H16NTa-. The summed E-state index contributed by atoms with van der Waals surface area (Å²) < 4.78 is 0. The van der Waals surface area contributed by atoms with Crippen molar-refractivity contribution in [3.63, 3.8) is 0 Å². The molecule has 1 nitrogen and oxygen atoms in total. The average Bonchev–Trinajstić information content (AvgIpc) is 1.25. The van der Waals surface area contributed by atoms with Crippen LogP contribution in [0.25, 0.3) is 5.73 Å². The Bertz CT molecular complexity index is 63.9. The fraction of sp³-hybridized carbons (Fsp3) is 1.00. The standard InChI is InChI=1S/C7H16N.Ta/c1-6(2,3)7(4,5)8;/h8H,1-5H3;/q-1;. The summed E-state index contributed by atoms with van der Waals surface area (Å²) in [6, 6.07) is 0. The zero-order chi connectivity index (χ0) is 7.00. The van der Waals surface area contributed by atoms with Crippen molar-refractivity contribution in [3.05, 3.63) is 5.73 Å². The SMILES string of the molecule is CC(C)(C)C(C)(C)[NH-].[Ta]. The van der Waals surface area contributed by atoms with Crippen molar-refractivity contribution in [2.75, 3.05) is 0 Å². The third-order valence-corrected chi connectivity index (χ3v) is 1.88. The summed E-state index contributed by atoms with van der Waals surface area (Å²) in [5.41, 5.74) is 7.38. The summed E-state index contributed by atoms with van der Waals surface area (Å²) >= 11 is 0. The van der Waals surface area contributed by atoms with Gasteiger partial charge in [-0.2, -0.15) is 0 Å². The zero-order valence-corrected chi connectivity index (χ0v) is 10.2. The van der Waals surface area contributed by atoms with E-state index < -0.39 is 0 Å². The second kappa shape index (κ2) is 3.20. The van der Waals surface area contributed by atoms with E-state index in [0.717, 1.165) is 0 Å². The molecule has 0 atom stereocenters. The van der Waals surface area contributed by atoms with Gasteiger partial charge >= 0.3 is 0 Å². The first kappa shape index (κ1) is 12.4. The Balaban J connectivity index is 0. The molecule has 0 unspecified atom stereocenters. The Morgan fingerprint density at radius 2 is 1.00 bits per heavy atom. The van der Waals surface area contributed by atoms with E-state index in [1.54, 1.807) is 0 Å². The third-order valence-electron chi connectivity index (χ3n) is 1.88. The molecule has 2 heteroatoms. The van der Waals surface area contributed by atoms with Crippen molar-refractivity contribution in [3.8, 4) is 0 Å². The largest absolute Gasteiger partial charge is 0.672 e. The van der Waals surface area contributed by atoms with Gasteiger partial charge in [0, 0.05) is 22.4 Å². The average molecular weight is 295 g/mol. The second-order valence-electron chi connectivity index (χ2n) is 3.88. The van der Waals surface area contributed by atoms with Gasteiger partial charge in [0.2, 0.25) is 0 Å². The van der Waals surface area contributed by atoms with E-state index in [2.05, 4.69) is 20.8 Å². The van der Waals surface area contributed by atoms with Crippen LogP contribution in [0.1, 0.15) is 34.6 Å². The molecule has 0 saturated carbocycles. The summed E-state index contributed by atoms with van der Waals surface area (Å²) in [5, 5.41) is 0. The Morgan fingerprint density at radius 3 is 1.00 bits per heavy atom. The molecule has 0 aromatic rings. The molecule has 1 N–H and O–H groups in total. The molecule has 9 heavy (non-hydrogen) atoms. The van der Waals surface area contributed by atoms with Crippen molar-refractivity contribution in [1.29, 1.82) is 0 Å². The summed E-state index contributed by atoms with van der Waals surface area (Å²) in [6.07, 6.45) is 0. The topological polar surface area (TPSA) is 23.8 Å². The molecule has 0 aliphatic heterocycles. The quantitative estimate of drug-likeness (QED) is 0.656. The van der Waals surface area contributed by atoms with Gasteiger partial charge in [-0.15, -0.1) is 5.54 Å². The van der Waals surface area contributed by atoms with E-state index in [-0.39, 0.29) is 33.3 Å². The summed E-state index contributed by atoms with van der Waals surface area (Å²) in [5.74, 6) is 0. The van der Waals surface area contributed by atoms with Gasteiger partial charge in [-0.05, 0) is 0 Å². The molecule has 0 aliphatic rings. The fourth-order valence-corrected chi connectivity index (χ4v) is 0. The minimum Gasteiger partial charge on any atom is -0.672 e. The van der Waals surface area contributed by atoms with Crippen molar-refractivity contribution in [2.24, 2.45) is 5.41 Å². The first-order valence-electron chi connectivity index (χ1n) is 3.00. The minimum atomic E-state index is -0.312. The van der Waals surface area contributed by atoms with E-state index in [9.17, 15) is 0 Å². The molecule has 0 aromatic carbocycles. The van der Waals surface area contributed by atoms with Crippen LogP contribution in [0.3, 0.4) is 0 Å². The molecule has 0 fully saturated rings. The van der Waals surface area contributed by atoms with Gasteiger partial charge in [0.15, 0.2) is 0 Å². The molecule has 0 amide bonds. The van der Waals surface area contributed by atoms with Crippen molar-refractivity contribution in [1.82, 2.24) is 0 Å². The van der Waals surface area contributed by atoms with Crippen LogP contribution in [0.2, 0.25) is 0 Å². The zero-order valence-electron chi connectivity index (χ0n) is 6.95. The van der Waals surface area contributed by atoms with E-state index in [1.165, 1.54) is 0 Å². The smallest absolute Gasteiger partial charge is 0 e. The van der Waals surface area contributed by atoms with E-state index in [0.29, 0.717) is 0 Å². The van der Waals surface area contributed by atoms with E-state index in [1.807, 2.05) is 13.8 Å². The minimum absolute atomic E-state index is 0. The Morgan fingerprint density at radius 1 is 0.889 bits per heavy atom. The predicted molar refractivity (Wildman–Crippen MR) is 37.9 cm³/mol. The molecule has 0 heterocycles. The third kappa shape index (κ3) is 4.15. The van der Waals surface area contributed by atoms with Gasteiger partial charge in [-0.1, -0.05) is 40.0 Å². The van der Waals surface area contributed by atoms with Crippen LogP contribution in [0.4, 0.5) is 0 Å². The molecule has 0 saturated heterocycles. The molecule has 0 rings (SSSR count). The van der Waals surface area contributed by atoms with Crippen LogP contribution in [-0.4, -0.2) is 5.54 Å². The molecule has 55 valence electrons. The van der Waals surface area contributed by atoms with Gasteiger partial charge < -0.3 is 5.73 Å². The predicted octanol–water partition coefficient (Wildman–Crippen LogP) is 2.86.